The molecule has 0 aliphatic heterocycles. The highest BCUT2D eigenvalue weighted by Crippen LogP contribution is 2.25. The molecule has 0 fully saturated rings. The SMILES string of the molecule is COc1ccc(C)cc1NC(=O)COC(=O)c1ccccc1C(=O)c1ccc(C)cc1. The zero-order chi connectivity index (χ0) is 22.4. The Morgan fingerprint density at radius 3 is 2.16 bits per heavy atom. The molecule has 0 unspecified atom stereocenters. The van der Waals surface area contributed by atoms with Gasteiger partial charge in [0.2, 0.25) is 0 Å². The van der Waals surface area contributed by atoms with Crippen LogP contribution in [0.15, 0.2) is 66.7 Å². The molecule has 0 bridgehead atoms. The Hall–Kier alpha value is -3.93. The van der Waals surface area contributed by atoms with Crippen molar-refractivity contribution >= 4 is 23.3 Å². The molecule has 1 N–H and O–H groups in total. The second kappa shape index (κ2) is 9.71. The zero-order valence-electron chi connectivity index (χ0n) is 17.6. The number of ketones is 1. The quantitative estimate of drug-likeness (QED) is 0.457. The van der Waals surface area contributed by atoms with Gasteiger partial charge in [0.1, 0.15) is 5.75 Å². The molecule has 31 heavy (non-hydrogen) atoms. The van der Waals surface area contributed by atoms with Gasteiger partial charge in [0.25, 0.3) is 5.91 Å². The highest BCUT2D eigenvalue weighted by molar-refractivity contribution is 6.14. The maximum absolute atomic E-state index is 12.9. The molecule has 0 aromatic heterocycles. The molecule has 0 aliphatic carbocycles. The van der Waals surface area contributed by atoms with Gasteiger partial charge in [-0.15, -0.1) is 0 Å². The van der Waals surface area contributed by atoms with Crippen molar-refractivity contribution in [1.29, 1.82) is 0 Å². The minimum Gasteiger partial charge on any atom is -0.495 e. The largest absolute Gasteiger partial charge is 0.495 e. The Kier molecular flexibility index (Phi) is 6.82. The Balaban J connectivity index is 1.70. The lowest BCUT2D eigenvalue weighted by atomic mass is 9.98. The molecule has 3 rings (SSSR count). The van der Waals surface area contributed by atoms with Gasteiger partial charge in [-0.05, 0) is 37.6 Å². The van der Waals surface area contributed by atoms with E-state index in [0.29, 0.717) is 17.0 Å². The Morgan fingerprint density at radius 1 is 0.839 bits per heavy atom. The zero-order valence-corrected chi connectivity index (χ0v) is 17.6. The van der Waals surface area contributed by atoms with Crippen molar-refractivity contribution in [2.24, 2.45) is 0 Å². The van der Waals surface area contributed by atoms with Crippen molar-refractivity contribution in [3.8, 4) is 5.75 Å². The van der Waals surface area contributed by atoms with Crippen molar-refractivity contribution in [1.82, 2.24) is 0 Å². The molecule has 3 aromatic carbocycles. The molecule has 0 spiro atoms. The van der Waals surface area contributed by atoms with E-state index in [1.807, 2.05) is 32.0 Å². The lowest BCUT2D eigenvalue weighted by Gasteiger charge is -2.12. The van der Waals surface area contributed by atoms with Gasteiger partial charge in [-0.25, -0.2) is 4.79 Å². The molecule has 0 radical (unpaired) electrons. The highest BCUT2D eigenvalue weighted by atomic mass is 16.5. The van der Waals surface area contributed by atoms with Crippen molar-refractivity contribution in [2.45, 2.75) is 13.8 Å². The number of benzene rings is 3. The third-order valence-corrected chi connectivity index (χ3v) is 4.67. The van der Waals surface area contributed by atoms with Crippen LogP contribution in [0.4, 0.5) is 5.69 Å². The monoisotopic (exact) mass is 417 g/mol. The van der Waals surface area contributed by atoms with E-state index in [-0.39, 0.29) is 16.9 Å². The van der Waals surface area contributed by atoms with Crippen LogP contribution in [0.2, 0.25) is 0 Å². The van der Waals surface area contributed by atoms with E-state index in [1.165, 1.54) is 13.2 Å². The number of hydrogen-bond acceptors (Lipinski definition) is 5. The fourth-order valence-corrected chi connectivity index (χ4v) is 3.03. The number of aryl methyl sites for hydroxylation is 2. The first-order valence-corrected chi connectivity index (χ1v) is 9.71. The lowest BCUT2D eigenvalue weighted by molar-refractivity contribution is -0.119. The van der Waals surface area contributed by atoms with E-state index in [4.69, 9.17) is 9.47 Å². The number of anilines is 1. The van der Waals surface area contributed by atoms with Crippen LogP contribution in [0.3, 0.4) is 0 Å². The second-order valence-corrected chi connectivity index (χ2v) is 7.07. The molecule has 0 saturated heterocycles. The maximum atomic E-state index is 12.9. The van der Waals surface area contributed by atoms with Gasteiger partial charge in [-0.3, -0.25) is 9.59 Å². The van der Waals surface area contributed by atoms with Crippen LogP contribution in [-0.4, -0.2) is 31.4 Å². The number of methoxy groups -OCH3 is 1. The van der Waals surface area contributed by atoms with E-state index >= 15 is 0 Å². The summed E-state index contributed by atoms with van der Waals surface area (Å²) in [5.41, 5.74) is 3.25. The van der Waals surface area contributed by atoms with Crippen LogP contribution >= 0.6 is 0 Å². The standard InChI is InChI=1S/C25H23NO5/c1-16-8-11-18(12-9-16)24(28)19-6-4-5-7-20(19)25(29)31-15-23(27)26-21-14-17(2)10-13-22(21)30-3/h4-14H,15H2,1-3H3,(H,26,27). The first-order chi connectivity index (χ1) is 14.9. The summed E-state index contributed by atoms with van der Waals surface area (Å²) in [5.74, 6) is -1.05. The molecule has 158 valence electrons. The Bertz CT molecular complexity index is 1120. The number of carbonyl (C=O) groups excluding carboxylic acids is 3. The molecule has 0 heterocycles. The van der Waals surface area contributed by atoms with Crippen LogP contribution in [0.1, 0.15) is 37.4 Å². The molecule has 0 aliphatic rings. The highest BCUT2D eigenvalue weighted by Gasteiger charge is 2.20. The average molecular weight is 417 g/mol. The van der Waals surface area contributed by atoms with Crippen LogP contribution in [0.5, 0.6) is 5.75 Å². The number of rotatable bonds is 7. The molecule has 6 nitrogen and oxygen atoms in total. The van der Waals surface area contributed by atoms with Crippen molar-refractivity contribution < 1.29 is 23.9 Å². The van der Waals surface area contributed by atoms with Crippen LogP contribution in [0, 0.1) is 13.8 Å². The van der Waals surface area contributed by atoms with Gasteiger partial charge in [0.05, 0.1) is 18.4 Å². The summed E-state index contributed by atoms with van der Waals surface area (Å²) >= 11 is 0. The maximum Gasteiger partial charge on any atom is 0.339 e. The third-order valence-electron chi connectivity index (χ3n) is 4.67. The first-order valence-electron chi connectivity index (χ1n) is 9.71. The van der Waals surface area contributed by atoms with E-state index < -0.39 is 18.5 Å². The first kappa shape index (κ1) is 21.8. The molecule has 3 aromatic rings. The van der Waals surface area contributed by atoms with E-state index in [1.54, 1.807) is 42.5 Å². The van der Waals surface area contributed by atoms with Gasteiger partial charge in [0, 0.05) is 11.1 Å². The number of ether oxygens (including phenoxy) is 2. The van der Waals surface area contributed by atoms with Crippen LogP contribution < -0.4 is 10.1 Å². The Morgan fingerprint density at radius 2 is 1.48 bits per heavy atom. The third kappa shape index (κ3) is 5.36. The summed E-state index contributed by atoms with van der Waals surface area (Å²) in [6.07, 6.45) is 0. The second-order valence-electron chi connectivity index (χ2n) is 7.07. The summed E-state index contributed by atoms with van der Waals surface area (Å²) in [6.45, 7) is 3.32. The predicted molar refractivity (Wildman–Crippen MR) is 118 cm³/mol. The minimum absolute atomic E-state index is 0.106. The molecule has 6 heteroatoms. The van der Waals surface area contributed by atoms with Gasteiger partial charge in [-0.2, -0.15) is 0 Å². The minimum atomic E-state index is -0.748. The summed E-state index contributed by atoms with van der Waals surface area (Å²) in [6, 6.07) is 18.8. The molecule has 0 saturated carbocycles. The van der Waals surface area contributed by atoms with Crippen LogP contribution in [0.25, 0.3) is 0 Å². The van der Waals surface area contributed by atoms with Crippen molar-refractivity contribution in [3.63, 3.8) is 0 Å². The molecule has 0 atom stereocenters. The predicted octanol–water partition coefficient (Wildman–Crippen LogP) is 4.34. The average Bonchev–Trinajstić information content (AvgIpc) is 2.77. The smallest absolute Gasteiger partial charge is 0.339 e. The van der Waals surface area contributed by atoms with Gasteiger partial charge in [0.15, 0.2) is 12.4 Å². The molecule has 1 amide bonds. The van der Waals surface area contributed by atoms with Crippen LogP contribution in [-0.2, 0) is 9.53 Å². The van der Waals surface area contributed by atoms with E-state index in [9.17, 15) is 14.4 Å². The summed E-state index contributed by atoms with van der Waals surface area (Å²) < 4.78 is 10.4. The van der Waals surface area contributed by atoms with Gasteiger partial charge < -0.3 is 14.8 Å². The normalized spacial score (nSPS) is 10.3. The number of carbonyl (C=O) groups is 3. The Labute approximate surface area is 180 Å². The lowest BCUT2D eigenvalue weighted by Crippen LogP contribution is -2.22. The van der Waals surface area contributed by atoms with E-state index in [0.717, 1.165) is 11.1 Å². The summed E-state index contributed by atoms with van der Waals surface area (Å²) in [7, 11) is 1.50. The van der Waals surface area contributed by atoms with Crippen molar-refractivity contribution in [3.05, 3.63) is 94.5 Å². The fourth-order valence-electron chi connectivity index (χ4n) is 3.03. The van der Waals surface area contributed by atoms with Crippen molar-refractivity contribution in [2.75, 3.05) is 19.0 Å². The summed E-state index contributed by atoms with van der Waals surface area (Å²) in [4.78, 5) is 37.8. The van der Waals surface area contributed by atoms with E-state index in [2.05, 4.69) is 5.32 Å². The van der Waals surface area contributed by atoms with Gasteiger partial charge >= 0.3 is 5.97 Å². The molecular formula is C25H23NO5. The summed E-state index contributed by atoms with van der Waals surface area (Å²) in [5, 5.41) is 2.67. The topological polar surface area (TPSA) is 81.7 Å². The number of esters is 1. The number of nitrogens with one attached hydrogen (secondary N) is 1. The van der Waals surface area contributed by atoms with Gasteiger partial charge in [-0.1, -0.05) is 54.1 Å². The fraction of sp³-hybridized carbons (Fsp3) is 0.160. The number of hydrogen-bond donors (Lipinski definition) is 1. The molecular weight excluding hydrogens is 394 g/mol. The number of amides is 1.